The standard InChI is InChI=1S/C22H23N3O/c1-22(2,3)21-13-17(18(14-23)15-24)12-20(26-21)19(25(4)5)11-16-9-7-6-8-10-16/h6-13H,1-5H3. The second-order valence-corrected chi connectivity index (χ2v) is 7.26. The maximum absolute atomic E-state index is 9.28. The Hall–Kier alpha value is -3.24. The van der Waals surface area contributed by atoms with Crippen molar-refractivity contribution in [1.82, 2.24) is 4.90 Å². The van der Waals surface area contributed by atoms with E-state index >= 15 is 0 Å². The highest BCUT2D eigenvalue weighted by Crippen LogP contribution is 2.36. The van der Waals surface area contributed by atoms with Crippen LogP contribution in [0.3, 0.4) is 0 Å². The molecule has 0 aromatic heterocycles. The molecule has 0 amide bonds. The van der Waals surface area contributed by atoms with Crippen LogP contribution in [0.15, 0.2) is 70.8 Å². The number of allylic oxidation sites excluding steroid dienone is 5. The van der Waals surface area contributed by atoms with Gasteiger partial charge in [-0.1, -0.05) is 51.1 Å². The van der Waals surface area contributed by atoms with Crippen molar-refractivity contribution in [2.24, 2.45) is 5.41 Å². The topological polar surface area (TPSA) is 60.0 Å². The van der Waals surface area contributed by atoms with Crippen molar-refractivity contribution in [1.29, 1.82) is 10.5 Å². The van der Waals surface area contributed by atoms with E-state index in [0.717, 1.165) is 11.3 Å². The van der Waals surface area contributed by atoms with Crippen LogP contribution in [0.1, 0.15) is 26.3 Å². The van der Waals surface area contributed by atoms with Crippen molar-refractivity contribution in [2.45, 2.75) is 20.8 Å². The summed E-state index contributed by atoms with van der Waals surface area (Å²) in [6.45, 7) is 6.11. The molecule has 0 saturated heterocycles. The van der Waals surface area contributed by atoms with Gasteiger partial charge in [0.2, 0.25) is 0 Å². The summed E-state index contributed by atoms with van der Waals surface area (Å²) < 4.78 is 6.18. The first-order chi connectivity index (χ1) is 12.3. The first kappa shape index (κ1) is 19.1. The monoisotopic (exact) mass is 345 g/mol. The van der Waals surface area contributed by atoms with Gasteiger partial charge in [0.05, 0.1) is 5.70 Å². The molecule has 0 fully saturated rings. The molecule has 1 aliphatic heterocycles. The number of ether oxygens (including phenoxy) is 1. The van der Waals surface area contributed by atoms with Crippen LogP contribution in [0, 0.1) is 28.1 Å². The van der Waals surface area contributed by atoms with Gasteiger partial charge in [-0.3, -0.25) is 0 Å². The van der Waals surface area contributed by atoms with Crippen molar-refractivity contribution in [3.8, 4) is 12.1 Å². The zero-order valence-electron chi connectivity index (χ0n) is 15.9. The van der Waals surface area contributed by atoms with E-state index in [-0.39, 0.29) is 11.0 Å². The minimum atomic E-state index is -0.259. The van der Waals surface area contributed by atoms with Crippen LogP contribution in [-0.2, 0) is 4.74 Å². The fraction of sp³-hybridized carbons (Fsp3) is 0.273. The number of nitrogens with zero attached hydrogens (tertiary/aromatic N) is 3. The minimum Gasteiger partial charge on any atom is -0.459 e. The van der Waals surface area contributed by atoms with Crippen LogP contribution in [0.5, 0.6) is 0 Å². The van der Waals surface area contributed by atoms with Crippen LogP contribution in [0.25, 0.3) is 6.08 Å². The van der Waals surface area contributed by atoms with Crippen LogP contribution in [-0.4, -0.2) is 19.0 Å². The van der Waals surface area contributed by atoms with E-state index < -0.39 is 0 Å². The van der Waals surface area contributed by atoms with E-state index in [9.17, 15) is 10.5 Å². The third-order valence-corrected chi connectivity index (χ3v) is 3.88. The third-order valence-electron chi connectivity index (χ3n) is 3.88. The Labute approximate surface area is 155 Å². The van der Waals surface area contributed by atoms with E-state index in [0.29, 0.717) is 17.1 Å². The normalized spacial score (nSPS) is 14.4. The quantitative estimate of drug-likeness (QED) is 0.740. The lowest BCUT2D eigenvalue weighted by Gasteiger charge is -2.30. The van der Waals surface area contributed by atoms with Gasteiger partial charge in [0.25, 0.3) is 0 Å². The molecule has 132 valence electrons. The maximum Gasteiger partial charge on any atom is 0.150 e. The van der Waals surface area contributed by atoms with Crippen molar-refractivity contribution in [3.05, 3.63) is 76.4 Å². The molecule has 4 nitrogen and oxygen atoms in total. The number of hydrogen-bond acceptors (Lipinski definition) is 4. The molecule has 0 radical (unpaired) electrons. The number of hydrogen-bond donors (Lipinski definition) is 0. The summed E-state index contributed by atoms with van der Waals surface area (Å²) in [7, 11) is 3.87. The van der Waals surface area contributed by atoms with Crippen molar-refractivity contribution >= 4 is 6.08 Å². The summed E-state index contributed by atoms with van der Waals surface area (Å²) in [5, 5.41) is 18.6. The Morgan fingerprint density at radius 1 is 1.04 bits per heavy atom. The van der Waals surface area contributed by atoms with Gasteiger partial charge in [0.15, 0.2) is 5.76 Å². The van der Waals surface area contributed by atoms with Crippen molar-refractivity contribution < 1.29 is 4.74 Å². The highest BCUT2D eigenvalue weighted by Gasteiger charge is 2.26. The molecule has 0 N–H and O–H groups in total. The van der Waals surface area contributed by atoms with E-state index in [1.807, 2.05) is 88.3 Å². The van der Waals surface area contributed by atoms with E-state index in [1.54, 1.807) is 12.2 Å². The minimum absolute atomic E-state index is 0.0744. The van der Waals surface area contributed by atoms with Gasteiger partial charge in [-0.25, -0.2) is 0 Å². The van der Waals surface area contributed by atoms with E-state index in [2.05, 4.69) is 0 Å². The molecular formula is C22H23N3O. The molecule has 1 aliphatic rings. The van der Waals surface area contributed by atoms with Gasteiger partial charge in [-0.15, -0.1) is 0 Å². The van der Waals surface area contributed by atoms with Crippen molar-refractivity contribution in [2.75, 3.05) is 14.1 Å². The lowest BCUT2D eigenvalue weighted by atomic mass is 9.90. The molecule has 0 aliphatic carbocycles. The molecule has 0 saturated carbocycles. The molecule has 0 unspecified atom stereocenters. The van der Waals surface area contributed by atoms with Crippen LogP contribution in [0.4, 0.5) is 0 Å². The molecule has 0 spiro atoms. The Morgan fingerprint density at radius 2 is 1.65 bits per heavy atom. The Morgan fingerprint density at radius 3 is 2.15 bits per heavy atom. The predicted molar refractivity (Wildman–Crippen MR) is 103 cm³/mol. The lowest BCUT2D eigenvalue weighted by molar-refractivity contribution is 0.210. The molecule has 1 aromatic carbocycles. The molecule has 2 rings (SSSR count). The number of rotatable bonds is 3. The zero-order chi connectivity index (χ0) is 19.3. The average Bonchev–Trinajstić information content (AvgIpc) is 2.60. The highest BCUT2D eigenvalue weighted by atomic mass is 16.5. The predicted octanol–water partition coefficient (Wildman–Crippen LogP) is 4.78. The first-order valence-electron chi connectivity index (χ1n) is 8.37. The van der Waals surface area contributed by atoms with Gasteiger partial charge >= 0.3 is 0 Å². The van der Waals surface area contributed by atoms with Gasteiger partial charge in [0, 0.05) is 25.1 Å². The van der Waals surface area contributed by atoms with Crippen molar-refractivity contribution in [3.63, 3.8) is 0 Å². The first-order valence-corrected chi connectivity index (χ1v) is 8.37. The summed E-state index contributed by atoms with van der Waals surface area (Å²) in [5.41, 5.74) is 2.29. The molecule has 0 bridgehead atoms. The second kappa shape index (κ2) is 7.76. The third kappa shape index (κ3) is 4.43. The summed E-state index contributed by atoms with van der Waals surface area (Å²) in [6.07, 6.45) is 5.56. The van der Waals surface area contributed by atoms with Crippen LogP contribution < -0.4 is 0 Å². The molecule has 0 atom stereocenters. The average molecular weight is 345 g/mol. The van der Waals surface area contributed by atoms with Gasteiger partial charge in [0.1, 0.15) is 23.5 Å². The van der Waals surface area contributed by atoms with Crippen LogP contribution in [0.2, 0.25) is 0 Å². The largest absolute Gasteiger partial charge is 0.459 e. The summed E-state index contributed by atoms with van der Waals surface area (Å²) in [4.78, 5) is 1.96. The number of likely N-dealkylation sites (N-methyl/N-ethyl adjacent to an activating group) is 1. The van der Waals surface area contributed by atoms with Gasteiger partial charge in [-0.2, -0.15) is 10.5 Å². The molecule has 26 heavy (non-hydrogen) atoms. The molecule has 1 aromatic rings. The number of nitriles is 2. The van der Waals surface area contributed by atoms with Gasteiger partial charge < -0.3 is 9.64 Å². The maximum atomic E-state index is 9.28. The molecule has 4 heteroatoms. The fourth-order valence-electron chi connectivity index (χ4n) is 2.42. The van der Waals surface area contributed by atoms with Crippen LogP contribution >= 0.6 is 0 Å². The Balaban J connectivity index is 2.62. The second-order valence-electron chi connectivity index (χ2n) is 7.26. The Bertz CT molecular complexity index is 864. The fourth-order valence-corrected chi connectivity index (χ4v) is 2.42. The summed E-state index contributed by atoms with van der Waals surface area (Å²) >= 11 is 0. The Kier molecular flexibility index (Phi) is 5.70. The summed E-state index contributed by atoms with van der Waals surface area (Å²) in [5.74, 6) is 1.33. The molecule has 1 heterocycles. The summed E-state index contributed by atoms with van der Waals surface area (Å²) in [6, 6.07) is 13.9. The van der Waals surface area contributed by atoms with E-state index in [1.165, 1.54) is 0 Å². The van der Waals surface area contributed by atoms with Gasteiger partial charge in [-0.05, 0) is 23.8 Å². The molecular weight excluding hydrogens is 322 g/mol. The lowest BCUT2D eigenvalue weighted by Crippen LogP contribution is -2.20. The number of benzene rings is 1. The highest BCUT2D eigenvalue weighted by molar-refractivity contribution is 5.60. The smallest absolute Gasteiger partial charge is 0.150 e. The van der Waals surface area contributed by atoms with E-state index in [4.69, 9.17) is 4.74 Å². The zero-order valence-corrected chi connectivity index (χ0v) is 15.9. The SMILES string of the molecule is CN(C)C(=Cc1ccccc1)C1=CC(=C(C#N)C#N)C=C(C(C)(C)C)O1.